The molecule has 3 heterocycles. The summed E-state index contributed by atoms with van der Waals surface area (Å²) in [6, 6.07) is 16.2. The van der Waals surface area contributed by atoms with Gasteiger partial charge in [-0.3, -0.25) is 0 Å². The fourth-order valence-electron chi connectivity index (χ4n) is 2.67. The van der Waals surface area contributed by atoms with E-state index in [-0.39, 0.29) is 0 Å². The minimum absolute atomic E-state index is 0.660. The summed E-state index contributed by atoms with van der Waals surface area (Å²) < 4.78 is 1.21. The lowest BCUT2D eigenvalue weighted by Gasteiger charge is -1.96. The Balaban J connectivity index is 1.45. The summed E-state index contributed by atoms with van der Waals surface area (Å²) in [7, 11) is 0. The number of aromatic amines is 1. The van der Waals surface area contributed by atoms with E-state index in [0.717, 1.165) is 38.3 Å². The molecule has 2 aromatic carbocycles. The number of H-pyrrole nitrogens is 1. The average Bonchev–Trinajstić information content (AvgIpc) is 3.20. The first-order chi connectivity index (χ1) is 11.9. The van der Waals surface area contributed by atoms with Crippen molar-refractivity contribution in [1.29, 1.82) is 0 Å². The molecule has 24 heavy (non-hydrogen) atoms. The van der Waals surface area contributed by atoms with Crippen molar-refractivity contribution >= 4 is 55.4 Å². The van der Waals surface area contributed by atoms with Crippen LogP contribution in [-0.4, -0.2) is 25.1 Å². The van der Waals surface area contributed by atoms with Crippen LogP contribution < -0.4 is 0 Å². The molecule has 0 spiro atoms. The standard InChI is InChI=1S/C17H11N5S2/c1-2-6-11-10(5-1)15-16(19-11)20-17(22-21-15)23-9-14-18-12-7-3-4-8-13(12)24-14/h1-8H,9H2,(H,19,20,22). The van der Waals surface area contributed by atoms with Crippen LogP contribution in [0.4, 0.5) is 0 Å². The van der Waals surface area contributed by atoms with E-state index in [4.69, 9.17) is 0 Å². The monoisotopic (exact) mass is 349 g/mol. The van der Waals surface area contributed by atoms with E-state index < -0.39 is 0 Å². The van der Waals surface area contributed by atoms with Gasteiger partial charge < -0.3 is 4.98 Å². The molecule has 5 nitrogen and oxygen atoms in total. The molecule has 116 valence electrons. The van der Waals surface area contributed by atoms with Gasteiger partial charge in [-0.25, -0.2) is 9.97 Å². The Labute approximate surface area is 145 Å². The second-order valence-electron chi connectivity index (χ2n) is 5.33. The maximum Gasteiger partial charge on any atom is 0.211 e. The number of fused-ring (bicyclic) bond motifs is 4. The number of rotatable bonds is 3. The molecule has 0 amide bonds. The van der Waals surface area contributed by atoms with Crippen LogP contribution >= 0.6 is 23.1 Å². The predicted molar refractivity (Wildman–Crippen MR) is 98.4 cm³/mol. The summed E-state index contributed by atoms with van der Waals surface area (Å²) in [6.07, 6.45) is 0. The number of thiazole rings is 1. The highest BCUT2D eigenvalue weighted by Crippen LogP contribution is 2.28. The Kier molecular flexibility index (Phi) is 3.20. The lowest BCUT2D eigenvalue weighted by molar-refractivity contribution is 0.878. The second-order valence-corrected chi connectivity index (χ2v) is 7.38. The molecule has 0 radical (unpaired) electrons. The molecule has 0 aliphatic carbocycles. The lowest BCUT2D eigenvalue weighted by Crippen LogP contribution is -1.91. The molecule has 5 rings (SSSR count). The number of nitrogens with one attached hydrogen (secondary N) is 1. The Bertz CT molecular complexity index is 1140. The number of hydrogen-bond donors (Lipinski definition) is 1. The van der Waals surface area contributed by atoms with Crippen LogP contribution in [-0.2, 0) is 5.75 Å². The second kappa shape index (κ2) is 5.54. The molecule has 0 saturated heterocycles. The minimum atomic E-state index is 0.660. The first-order valence-electron chi connectivity index (χ1n) is 7.45. The van der Waals surface area contributed by atoms with Crippen LogP contribution in [0.1, 0.15) is 5.01 Å². The van der Waals surface area contributed by atoms with E-state index in [2.05, 4.69) is 31.2 Å². The van der Waals surface area contributed by atoms with Gasteiger partial charge in [0.1, 0.15) is 10.5 Å². The van der Waals surface area contributed by atoms with Gasteiger partial charge in [0.25, 0.3) is 0 Å². The van der Waals surface area contributed by atoms with E-state index in [1.807, 2.05) is 42.5 Å². The number of para-hydroxylation sites is 2. The number of benzene rings is 2. The van der Waals surface area contributed by atoms with Gasteiger partial charge in [-0.15, -0.1) is 21.5 Å². The Morgan fingerprint density at radius 3 is 2.79 bits per heavy atom. The van der Waals surface area contributed by atoms with Crippen LogP contribution in [0.5, 0.6) is 0 Å². The summed E-state index contributed by atoms with van der Waals surface area (Å²) in [4.78, 5) is 12.5. The van der Waals surface area contributed by atoms with Crippen LogP contribution in [0.15, 0.2) is 53.7 Å². The third kappa shape index (κ3) is 2.33. The summed E-state index contributed by atoms with van der Waals surface area (Å²) in [6.45, 7) is 0. The maximum atomic E-state index is 4.64. The van der Waals surface area contributed by atoms with E-state index in [9.17, 15) is 0 Å². The highest BCUT2D eigenvalue weighted by atomic mass is 32.2. The molecule has 7 heteroatoms. The lowest BCUT2D eigenvalue weighted by atomic mass is 10.2. The largest absolute Gasteiger partial charge is 0.338 e. The number of nitrogens with zero attached hydrogens (tertiary/aromatic N) is 4. The highest BCUT2D eigenvalue weighted by Gasteiger charge is 2.10. The Morgan fingerprint density at radius 2 is 1.83 bits per heavy atom. The van der Waals surface area contributed by atoms with Crippen LogP contribution in [0.2, 0.25) is 0 Å². The Hall–Kier alpha value is -2.51. The number of thioether (sulfide) groups is 1. The van der Waals surface area contributed by atoms with E-state index in [1.165, 1.54) is 4.70 Å². The molecule has 0 aliphatic heterocycles. The third-order valence-corrected chi connectivity index (χ3v) is 5.83. The van der Waals surface area contributed by atoms with Crippen LogP contribution in [0.25, 0.3) is 32.3 Å². The third-order valence-electron chi connectivity index (χ3n) is 3.77. The fourth-order valence-corrected chi connectivity index (χ4v) is 4.42. The zero-order valence-corrected chi connectivity index (χ0v) is 14.1. The molecule has 3 aromatic heterocycles. The number of hydrogen-bond acceptors (Lipinski definition) is 6. The van der Waals surface area contributed by atoms with Gasteiger partial charge in [0.05, 0.1) is 16.0 Å². The van der Waals surface area contributed by atoms with Gasteiger partial charge in [0.2, 0.25) is 5.16 Å². The molecular formula is C17H11N5S2. The van der Waals surface area contributed by atoms with Gasteiger partial charge >= 0.3 is 0 Å². The average molecular weight is 349 g/mol. The van der Waals surface area contributed by atoms with Crippen molar-refractivity contribution in [2.45, 2.75) is 10.9 Å². The quantitative estimate of drug-likeness (QED) is 0.489. The molecule has 1 N–H and O–H groups in total. The normalized spacial score (nSPS) is 11.7. The van der Waals surface area contributed by atoms with Crippen molar-refractivity contribution in [2.24, 2.45) is 0 Å². The SMILES string of the molecule is c1ccc2sc(CSc3nnc4c(n3)[nH]c3ccccc34)nc2c1. The Morgan fingerprint density at radius 1 is 0.958 bits per heavy atom. The topological polar surface area (TPSA) is 67.3 Å². The first kappa shape index (κ1) is 13.9. The number of aromatic nitrogens is 5. The first-order valence-corrected chi connectivity index (χ1v) is 9.25. The van der Waals surface area contributed by atoms with Crippen molar-refractivity contribution in [3.8, 4) is 0 Å². The van der Waals surface area contributed by atoms with Gasteiger partial charge in [0.15, 0.2) is 5.65 Å². The van der Waals surface area contributed by atoms with Gasteiger partial charge in [-0.1, -0.05) is 42.1 Å². The fraction of sp³-hybridized carbons (Fsp3) is 0.0588. The molecule has 0 bridgehead atoms. The molecule has 5 aromatic rings. The van der Waals surface area contributed by atoms with Crippen LogP contribution in [0, 0.1) is 0 Å². The molecule has 0 unspecified atom stereocenters. The zero-order chi connectivity index (χ0) is 15.9. The maximum absolute atomic E-state index is 4.64. The summed E-state index contributed by atoms with van der Waals surface area (Å²) in [5, 5.41) is 11.4. The van der Waals surface area contributed by atoms with Gasteiger partial charge in [-0.2, -0.15) is 0 Å². The van der Waals surface area contributed by atoms with Crippen molar-refractivity contribution in [3.63, 3.8) is 0 Å². The van der Waals surface area contributed by atoms with E-state index in [0.29, 0.717) is 5.16 Å². The van der Waals surface area contributed by atoms with Crippen molar-refractivity contribution in [2.75, 3.05) is 0 Å². The van der Waals surface area contributed by atoms with Gasteiger partial charge in [0, 0.05) is 10.9 Å². The van der Waals surface area contributed by atoms with Gasteiger partial charge in [-0.05, 0) is 18.2 Å². The molecular weight excluding hydrogens is 338 g/mol. The molecule has 0 fully saturated rings. The zero-order valence-electron chi connectivity index (χ0n) is 12.4. The van der Waals surface area contributed by atoms with Crippen molar-refractivity contribution in [3.05, 3.63) is 53.5 Å². The van der Waals surface area contributed by atoms with Crippen molar-refractivity contribution < 1.29 is 0 Å². The van der Waals surface area contributed by atoms with E-state index >= 15 is 0 Å². The minimum Gasteiger partial charge on any atom is -0.338 e. The summed E-state index contributed by atoms with van der Waals surface area (Å²) >= 11 is 3.26. The van der Waals surface area contributed by atoms with E-state index in [1.54, 1.807) is 23.1 Å². The predicted octanol–water partition coefficient (Wildman–Crippen LogP) is 4.41. The molecule has 0 saturated carbocycles. The molecule has 0 atom stereocenters. The summed E-state index contributed by atoms with van der Waals surface area (Å²) in [5.41, 5.74) is 3.67. The van der Waals surface area contributed by atoms with Crippen molar-refractivity contribution in [1.82, 2.24) is 25.1 Å². The smallest absolute Gasteiger partial charge is 0.211 e. The highest BCUT2D eigenvalue weighted by molar-refractivity contribution is 7.98. The van der Waals surface area contributed by atoms with Crippen LogP contribution in [0.3, 0.4) is 0 Å². The summed E-state index contributed by atoms with van der Waals surface area (Å²) in [5.74, 6) is 0.743. The molecule has 0 aliphatic rings.